The predicted octanol–water partition coefficient (Wildman–Crippen LogP) is 16.0. The number of carbonyl (C=O) groups is 12. The Hall–Kier alpha value is -16.6. The third-order valence-electron chi connectivity index (χ3n) is 27.0. The minimum absolute atomic E-state index is 0.00901. The number of aliphatic imine (C=N–C) groups is 4. The van der Waals surface area contributed by atoms with Gasteiger partial charge in [-0.15, -0.1) is 0 Å². The van der Waals surface area contributed by atoms with Gasteiger partial charge in [0.1, 0.15) is 25.6 Å². The van der Waals surface area contributed by atoms with Gasteiger partial charge in [0, 0.05) is 159 Å². The lowest BCUT2D eigenvalue weighted by Gasteiger charge is -2.22. The summed E-state index contributed by atoms with van der Waals surface area (Å²) in [6.45, 7) is 7.92. The number of Topliss-reactive ketones (excluding diaryl/α,β-unsaturated/α-hetero) is 2. The van der Waals surface area contributed by atoms with Gasteiger partial charge in [-0.1, -0.05) is 86.6 Å². The predicted molar refractivity (Wildman–Crippen MR) is 564 cm³/mol. The van der Waals surface area contributed by atoms with Gasteiger partial charge in [-0.3, -0.25) is 101 Å². The minimum Gasteiger partial charge on any atom is -0.504 e. The third-order valence-corrected chi connectivity index (χ3v) is 27.5. The summed E-state index contributed by atoms with van der Waals surface area (Å²) in [6.07, 6.45) is 13.1. The molecule has 18 rings (SSSR count). The molecule has 0 fully saturated rings. The number of amides is 8. The molecule has 8 heterocycles. The Labute approximate surface area is 867 Å². The summed E-state index contributed by atoms with van der Waals surface area (Å²) in [7, 11) is 3.23. The van der Waals surface area contributed by atoms with Crippen molar-refractivity contribution in [3.05, 3.63) is 254 Å². The van der Waals surface area contributed by atoms with Gasteiger partial charge in [0.15, 0.2) is 46.1 Å². The number of anilines is 6. The molecule has 10 aromatic carbocycles. The number of rotatable bonds is 37. The summed E-state index contributed by atoms with van der Waals surface area (Å²) in [5, 5.41) is 21.0. The number of hydrogen-bond donors (Lipinski definition) is 5. The number of nitrogens with zero attached hydrogens (tertiary/aromatic N) is 8. The average molecular weight is 2060 g/mol. The fourth-order valence-corrected chi connectivity index (χ4v) is 19.5. The van der Waals surface area contributed by atoms with Gasteiger partial charge < -0.3 is 64.3 Å². The number of benzene rings is 10. The highest BCUT2D eigenvalue weighted by Gasteiger charge is 2.42. The number of methoxy groups -OCH3 is 5. The fraction of sp³-hybridized carbons (Fsp3) is 0.327. The summed E-state index contributed by atoms with van der Waals surface area (Å²) >= 11 is 0. The normalized spacial score (nSPS) is 16.5. The van der Waals surface area contributed by atoms with Crippen molar-refractivity contribution < 1.29 is 113 Å². The van der Waals surface area contributed by atoms with Crippen LogP contribution < -0.4 is 69.3 Å². The Morgan fingerprint density at radius 2 is 0.693 bits per heavy atom. The minimum atomic E-state index is -3.79. The van der Waals surface area contributed by atoms with Crippen molar-refractivity contribution in [2.45, 2.75) is 187 Å². The number of phenolic OH excluding ortho intramolecular Hbond substituents is 1. The van der Waals surface area contributed by atoms with E-state index in [1.54, 1.807) is 139 Å². The van der Waals surface area contributed by atoms with Crippen LogP contribution in [-0.4, -0.2) is 187 Å². The van der Waals surface area contributed by atoms with Crippen molar-refractivity contribution in [1.82, 2.24) is 10.6 Å². The first-order valence-corrected chi connectivity index (χ1v) is 51.1. The Morgan fingerprint density at radius 3 is 1.03 bits per heavy atom. The van der Waals surface area contributed by atoms with Crippen molar-refractivity contribution >= 4 is 163 Å². The van der Waals surface area contributed by atoms with E-state index in [9.17, 15) is 71.1 Å². The van der Waals surface area contributed by atoms with Crippen LogP contribution in [0.5, 0.6) is 40.2 Å². The Balaban J connectivity index is 0.000000180. The number of fused-ring (bicyclic) bond motifs is 16. The average Bonchev–Trinajstić information content (AvgIpc) is 1.62. The van der Waals surface area contributed by atoms with E-state index in [0.717, 1.165) is 63.2 Å². The highest BCUT2D eigenvalue weighted by atomic mass is 32.2. The molecule has 37 heteroatoms. The van der Waals surface area contributed by atoms with Crippen molar-refractivity contribution in [2.75, 3.05) is 72.0 Å². The smallest absolute Gasteiger partial charge is 0.305 e. The molecular weight excluding hydrogens is 1940 g/mol. The Bertz CT molecular complexity index is 7240. The first-order valence-electron chi connectivity index (χ1n) is 49.3. The zero-order chi connectivity index (χ0) is 106. The lowest BCUT2D eigenvalue weighted by atomic mass is 9.99. The van der Waals surface area contributed by atoms with Crippen LogP contribution in [0, 0.1) is 18.8 Å². The summed E-state index contributed by atoms with van der Waals surface area (Å²) in [5.74, 6) is -3.06. The summed E-state index contributed by atoms with van der Waals surface area (Å²) in [6, 6.07) is 52.4. The van der Waals surface area contributed by atoms with E-state index in [4.69, 9.17) is 42.6 Å². The van der Waals surface area contributed by atoms with Gasteiger partial charge in [-0.2, -0.15) is 8.42 Å². The van der Waals surface area contributed by atoms with Crippen LogP contribution in [0.3, 0.4) is 0 Å². The molecule has 10 aromatic rings. The number of carbonyl (C=O) groups excluding carboxylic acids is 12. The third kappa shape index (κ3) is 24.8. The molecular formula is C113H116N12O24S. The van der Waals surface area contributed by atoms with E-state index in [2.05, 4.69) is 40.7 Å². The van der Waals surface area contributed by atoms with Crippen LogP contribution in [-0.2, 0) is 114 Å². The number of unbranched alkanes of at least 4 members (excludes halogenated alkanes) is 2. The number of ether oxygens (including phenoxy) is 8. The largest absolute Gasteiger partial charge is 0.504 e. The van der Waals surface area contributed by atoms with Gasteiger partial charge >= 0.3 is 11.9 Å². The second-order valence-electron chi connectivity index (χ2n) is 37.8. The molecule has 0 unspecified atom stereocenters. The Morgan fingerprint density at radius 1 is 0.387 bits per heavy atom. The lowest BCUT2D eigenvalue weighted by Crippen LogP contribution is -2.39. The van der Waals surface area contributed by atoms with Gasteiger partial charge in [-0.25, -0.2) is 0 Å². The van der Waals surface area contributed by atoms with Gasteiger partial charge in [0.05, 0.1) is 130 Å². The molecule has 0 bridgehead atoms. The summed E-state index contributed by atoms with van der Waals surface area (Å²) in [4.78, 5) is 181. The van der Waals surface area contributed by atoms with Crippen molar-refractivity contribution in [3.8, 4) is 40.2 Å². The van der Waals surface area contributed by atoms with E-state index >= 15 is 0 Å². The second-order valence-corrected chi connectivity index (χ2v) is 39.4. The quantitative estimate of drug-likeness (QED) is 0.0137. The monoisotopic (exact) mass is 2060 g/mol. The van der Waals surface area contributed by atoms with Crippen LogP contribution >= 0.6 is 0 Å². The number of esters is 2. The van der Waals surface area contributed by atoms with Gasteiger partial charge in [0.25, 0.3) is 33.7 Å². The molecule has 8 amide bonds. The summed E-state index contributed by atoms with van der Waals surface area (Å²) < 4.78 is 73.4. The fourth-order valence-electron chi connectivity index (χ4n) is 19.1. The van der Waals surface area contributed by atoms with Gasteiger partial charge in [0.2, 0.25) is 23.6 Å². The molecule has 0 aromatic heterocycles. The maximum Gasteiger partial charge on any atom is 0.305 e. The maximum absolute atomic E-state index is 14.1. The molecule has 8 aliphatic rings. The summed E-state index contributed by atoms with van der Waals surface area (Å²) in [5.41, 5.74) is 15.1. The molecule has 0 saturated heterocycles. The molecule has 8 aliphatic heterocycles. The van der Waals surface area contributed by atoms with Crippen LogP contribution in [0.4, 0.5) is 56.9 Å². The topological polar surface area (TPSA) is 453 Å². The number of phenols is 1. The number of para-hydroxylation sites is 4. The van der Waals surface area contributed by atoms with E-state index in [-0.39, 0.29) is 160 Å². The molecule has 0 aliphatic carbocycles. The van der Waals surface area contributed by atoms with Crippen LogP contribution in [0.1, 0.15) is 183 Å². The molecule has 0 saturated carbocycles. The molecule has 5 N–H and O–H groups in total. The SMILES string of the molecule is COC(=O)CCCCC(=O)N[C@@H](C)C(=O)C[C@@H](C)C(=O)Nc1cc(COc2cc3c(cc2C)C(=O)N2c4ccccc4C[C@H]2C=N3)cc(COc2cc3c(cc2OC)C(=O)N2c4ccccc4C[C@H]2C=N3)c1.COC(=O)CCCCC(=O)N[C@@H](C)C(=O)C[C@@H](C)C(=O)Nc1cc(COc2cc3c(cc2OC)C(=O)N2c4ccccc4C[C@H]2C=N3)cc(COS(C)(=O)=O)c1.COc1cc2c(cc1O)N=C[C@@H]1Cc3ccccc3N1C2=O. The molecule has 0 radical (unpaired) electrons. The van der Waals surface area contributed by atoms with Crippen LogP contribution in [0.2, 0.25) is 0 Å². The van der Waals surface area contributed by atoms with E-state index < -0.39 is 45.9 Å². The number of aryl methyl sites for hydroxylation is 1. The van der Waals surface area contributed by atoms with E-state index in [1.807, 2.05) is 116 Å². The zero-order valence-corrected chi connectivity index (χ0v) is 85.6. The second kappa shape index (κ2) is 47.1. The highest BCUT2D eigenvalue weighted by molar-refractivity contribution is 7.85. The Kier molecular flexibility index (Phi) is 33.3. The number of ketones is 2. The molecule has 36 nitrogen and oxygen atoms in total. The first kappa shape index (κ1) is 106. The first-order chi connectivity index (χ1) is 72.1. The standard InChI is InChI=1S/C56H56N6O10.C40H46N4O11S.C17H14N2O3/c1-32-18-42-44(57-28-40-23-37-12-6-8-14-46(37)61(40)55(42)67)26-49(32)71-30-35-20-36(22-39(21-35)60-54(66)33(2)19-48(63)34(3)59-52(64)16-10-11-17-53(65)70-5)31-72-51-27-45-43(25-50(51)69-4)56(68)62-41(29-58-45)24-38-13-7-9-15-47(38)62;1-24(14-34(45)25(2)42-37(46)12-8-9-13-38(47)53-4)39(48)43-29-16-26(15-27(17-29)23-55-56(5,50)51)22-54-36-20-32-31(19-35(36)52-3)40(49)44-30(21-41-32)18-28-10-6-7-11-33(28)44;1-22-16-7-12-13(8-15(16)20)18-9-11-6-10-4-2-3-5-14(10)19(11)17(12)21/h6-9,12-15,18,20-22,25-29,33-34,40-41H,10-11,16-17,19,23-24,30-31H2,1-5H3,(H,59,64)(H,60,66);6-7,10-11,15-17,19-21,24-25,30H,8-9,12-14,18,22-23H2,1-5H3,(H,42,46)(H,43,48);2-5,7-9,11,20H,6H2,1H3/t33-,34+,40+,41+;24-,25+,30+;11-/m110/s1. The molecule has 150 heavy (non-hydrogen) atoms. The van der Waals surface area contributed by atoms with Gasteiger partial charge in [-0.05, 0) is 181 Å². The van der Waals surface area contributed by atoms with Crippen molar-refractivity contribution in [3.63, 3.8) is 0 Å². The zero-order valence-electron chi connectivity index (χ0n) is 84.8. The lowest BCUT2D eigenvalue weighted by molar-refractivity contribution is -0.141. The van der Waals surface area contributed by atoms with E-state index in [1.165, 1.54) is 41.6 Å². The van der Waals surface area contributed by atoms with Crippen LogP contribution in [0.15, 0.2) is 202 Å². The van der Waals surface area contributed by atoms with Crippen LogP contribution in [0.25, 0.3) is 0 Å². The number of nitrogens with one attached hydrogen (secondary N) is 4. The molecule has 0 spiro atoms. The molecule has 8 atom stereocenters. The van der Waals surface area contributed by atoms with Crippen molar-refractivity contribution in [1.29, 1.82) is 0 Å². The van der Waals surface area contributed by atoms with E-state index in [0.29, 0.717) is 152 Å². The maximum atomic E-state index is 14.1. The highest BCUT2D eigenvalue weighted by Crippen LogP contribution is 2.47. The van der Waals surface area contributed by atoms with Crippen molar-refractivity contribution in [2.24, 2.45) is 31.8 Å². The number of aromatic hydroxyl groups is 1. The number of hydrogen-bond acceptors (Lipinski definition) is 28. The molecule has 778 valence electrons.